The third-order valence-electron chi connectivity index (χ3n) is 3.54. The van der Waals surface area contributed by atoms with Crippen molar-refractivity contribution in [3.05, 3.63) is 88.4 Å². The SMILES string of the molecule is Clc1ccc(C(Cn2ccnc2)[Se]Cc2ccccc2)c(Cl)c1. The van der Waals surface area contributed by atoms with Crippen LogP contribution < -0.4 is 0 Å². The molecule has 3 aromatic rings. The van der Waals surface area contributed by atoms with Crippen LogP contribution in [0.2, 0.25) is 10.0 Å². The molecule has 1 heterocycles. The minimum absolute atomic E-state index is 0.377. The Morgan fingerprint density at radius 1 is 1.09 bits per heavy atom. The quantitative estimate of drug-likeness (QED) is 0.532. The molecule has 1 atom stereocenters. The van der Waals surface area contributed by atoms with Crippen LogP contribution >= 0.6 is 23.2 Å². The van der Waals surface area contributed by atoms with E-state index in [1.165, 1.54) is 11.1 Å². The van der Waals surface area contributed by atoms with Crippen LogP contribution in [0.3, 0.4) is 0 Å². The number of hydrogen-bond acceptors (Lipinski definition) is 1. The third-order valence-corrected chi connectivity index (χ3v) is 6.84. The van der Waals surface area contributed by atoms with Gasteiger partial charge >= 0.3 is 153 Å². The first kappa shape index (κ1) is 16.6. The van der Waals surface area contributed by atoms with Crippen molar-refractivity contribution in [1.82, 2.24) is 9.55 Å². The van der Waals surface area contributed by atoms with Gasteiger partial charge in [-0.15, -0.1) is 0 Å². The van der Waals surface area contributed by atoms with E-state index in [9.17, 15) is 0 Å². The summed E-state index contributed by atoms with van der Waals surface area (Å²) in [4.78, 5) is 4.52. The molecule has 0 aliphatic rings. The van der Waals surface area contributed by atoms with Crippen LogP contribution in [-0.2, 0) is 11.9 Å². The predicted molar refractivity (Wildman–Crippen MR) is 97.3 cm³/mol. The average molecular weight is 410 g/mol. The molecular weight excluding hydrogens is 394 g/mol. The Kier molecular flexibility index (Phi) is 5.80. The molecule has 3 rings (SSSR count). The second-order valence-electron chi connectivity index (χ2n) is 5.21. The van der Waals surface area contributed by atoms with Crippen molar-refractivity contribution in [2.75, 3.05) is 0 Å². The van der Waals surface area contributed by atoms with E-state index in [0.29, 0.717) is 24.8 Å². The topological polar surface area (TPSA) is 17.8 Å². The molecule has 23 heavy (non-hydrogen) atoms. The van der Waals surface area contributed by atoms with Crippen LogP contribution in [0.1, 0.15) is 15.9 Å². The minimum atomic E-state index is 0.377. The van der Waals surface area contributed by atoms with E-state index >= 15 is 0 Å². The van der Waals surface area contributed by atoms with Crippen molar-refractivity contribution in [2.24, 2.45) is 0 Å². The number of rotatable bonds is 6. The summed E-state index contributed by atoms with van der Waals surface area (Å²) in [7, 11) is 0. The Morgan fingerprint density at radius 3 is 2.61 bits per heavy atom. The first-order chi connectivity index (χ1) is 11.2. The summed E-state index contributed by atoms with van der Waals surface area (Å²) in [6, 6.07) is 16.4. The molecule has 0 saturated carbocycles. The summed E-state index contributed by atoms with van der Waals surface area (Å²) in [5.41, 5.74) is 2.54. The van der Waals surface area contributed by atoms with Crippen molar-refractivity contribution < 1.29 is 0 Å². The molecule has 1 unspecified atom stereocenters. The summed E-state index contributed by atoms with van der Waals surface area (Å²) in [6.45, 7) is 0.883. The molecule has 0 fully saturated rings. The van der Waals surface area contributed by atoms with Crippen molar-refractivity contribution in [1.29, 1.82) is 0 Å². The van der Waals surface area contributed by atoms with E-state index in [0.717, 1.165) is 16.9 Å². The van der Waals surface area contributed by atoms with Gasteiger partial charge in [-0.25, -0.2) is 0 Å². The number of halogens is 2. The van der Waals surface area contributed by atoms with Gasteiger partial charge in [0, 0.05) is 0 Å². The van der Waals surface area contributed by atoms with Crippen molar-refractivity contribution >= 4 is 38.2 Å². The molecule has 0 radical (unpaired) electrons. The summed E-state index contributed by atoms with van der Waals surface area (Å²) in [5.74, 6) is 0. The fourth-order valence-corrected chi connectivity index (χ4v) is 5.67. The van der Waals surface area contributed by atoms with E-state index in [2.05, 4.69) is 45.9 Å². The average Bonchev–Trinajstić information content (AvgIpc) is 3.06. The zero-order chi connectivity index (χ0) is 16.1. The Hall–Kier alpha value is -1.25. The first-order valence-corrected chi connectivity index (χ1v) is 10.2. The van der Waals surface area contributed by atoms with Crippen molar-refractivity contribution in [3.63, 3.8) is 0 Å². The van der Waals surface area contributed by atoms with Gasteiger partial charge in [-0.05, 0) is 0 Å². The van der Waals surface area contributed by atoms with Crippen LogP contribution in [0.5, 0.6) is 0 Å². The molecule has 118 valence electrons. The molecule has 0 bridgehead atoms. The number of benzene rings is 2. The van der Waals surface area contributed by atoms with Gasteiger partial charge < -0.3 is 0 Å². The Balaban J connectivity index is 1.81. The van der Waals surface area contributed by atoms with E-state index < -0.39 is 0 Å². The number of nitrogens with zero attached hydrogens (tertiary/aromatic N) is 2. The van der Waals surface area contributed by atoms with Gasteiger partial charge in [0.2, 0.25) is 0 Å². The standard InChI is InChI=1S/C18H16Cl2N2Se/c19-15-6-7-16(17(20)10-15)18(11-22-9-8-21-13-22)23-12-14-4-2-1-3-5-14/h1-10,13,18H,11-12H2. The van der Waals surface area contributed by atoms with E-state index in [1.807, 2.05) is 30.9 Å². The first-order valence-electron chi connectivity index (χ1n) is 7.28. The second kappa shape index (κ2) is 8.03. The van der Waals surface area contributed by atoms with Gasteiger partial charge in [-0.1, -0.05) is 0 Å². The van der Waals surface area contributed by atoms with Gasteiger partial charge in [-0.3, -0.25) is 0 Å². The molecular formula is C18H16Cl2N2Se. The van der Waals surface area contributed by atoms with Gasteiger partial charge in [0.25, 0.3) is 0 Å². The molecule has 0 aliphatic heterocycles. The fourth-order valence-electron chi connectivity index (χ4n) is 2.36. The van der Waals surface area contributed by atoms with Gasteiger partial charge in [0.05, 0.1) is 0 Å². The van der Waals surface area contributed by atoms with Gasteiger partial charge in [0.15, 0.2) is 0 Å². The molecule has 0 saturated heterocycles. The van der Waals surface area contributed by atoms with E-state index in [-0.39, 0.29) is 0 Å². The van der Waals surface area contributed by atoms with Crippen LogP contribution in [-0.4, -0.2) is 24.5 Å². The summed E-state index contributed by atoms with van der Waals surface area (Å²) in [5, 5.41) is 2.50. The second-order valence-corrected chi connectivity index (χ2v) is 8.55. The van der Waals surface area contributed by atoms with E-state index in [4.69, 9.17) is 23.2 Å². The van der Waals surface area contributed by atoms with Crippen LogP contribution in [0.25, 0.3) is 0 Å². The molecule has 5 heteroatoms. The maximum atomic E-state index is 6.45. The Bertz CT molecular complexity index is 745. The Labute approximate surface area is 152 Å². The van der Waals surface area contributed by atoms with E-state index in [1.54, 1.807) is 0 Å². The molecule has 0 amide bonds. The van der Waals surface area contributed by atoms with Crippen molar-refractivity contribution in [2.45, 2.75) is 16.7 Å². The van der Waals surface area contributed by atoms with Crippen LogP contribution in [0.4, 0.5) is 0 Å². The zero-order valence-electron chi connectivity index (χ0n) is 12.4. The number of imidazole rings is 1. The van der Waals surface area contributed by atoms with Gasteiger partial charge in [-0.2, -0.15) is 0 Å². The Morgan fingerprint density at radius 2 is 1.91 bits per heavy atom. The third kappa shape index (κ3) is 4.62. The molecule has 2 nitrogen and oxygen atoms in total. The maximum absolute atomic E-state index is 6.45. The molecule has 0 spiro atoms. The number of hydrogen-bond donors (Lipinski definition) is 0. The predicted octanol–water partition coefficient (Wildman–Crippen LogP) is 4.84. The van der Waals surface area contributed by atoms with Crippen LogP contribution in [0.15, 0.2) is 67.3 Å². The monoisotopic (exact) mass is 410 g/mol. The summed E-state index contributed by atoms with van der Waals surface area (Å²) >= 11 is 12.9. The van der Waals surface area contributed by atoms with Crippen molar-refractivity contribution in [3.8, 4) is 0 Å². The molecule has 0 aliphatic carbocycles. The van der Waals surface area contributed by atoms with Crippen LogP contribution in [0, 0.1) is 0 Å². The zero-order valence-corrected chi connectivity index (χ0v) is 15.6. The fraction of sp³-hybridized carbons (Fsp3) is 0.167. The number of aromatic nitrogens is 2. The summed E-state index contributed by atoms with van der Waals surface area (Å²) in [6.07, 6.45) is 5.66. The normalized spacial score (nSPS) is 12.3. The summed E-state index contributed by atoms with van der Waals surface area (Å²) < 4.78 is 2.11. The van der Waals surface area contributed by atoms with Gasteiger partial charge in [0.1, 0.15) is 0 Å². The molecule has 2 aromatic carbocycles. The molecule has 1 aromatic heterocycles. The molecule has 0 N–H and O–H groups in total.